The minimum Gasteiger partial charge on any atom is -0.386 e. The van der Waals surface area contributed by atoms with Crippen molar-refractivity contribution in [2.75, 3.05) is 21.1 Å². The Morgan fingerprint density at radius 2 is 2.00 bits per heavy atom. The molecular formula is C6H15N3. The number of amidine groups is 1. The Hall–Kier alpha value is -0.570. The second-order valence-corrected chi connectivity index (χ2v) is 2.29. The van der Waals surface area contributed by atoms with Gasteiger partial charge in [-0.25, -0.2) is 0 Å². The van der Waals surface area contributed by atoms with Gasteiger partial charge in [0.25, 0.3) is 0 Å². The summed E-state index contributed by atoms with van der Waals surface area (Å²) in [7, 11) is 5.65. The van der Waals surface area contributed by atoms with E-state index >= 15 is 0 Å². The first-order valence-electron chi connectivity index (χ1n) is 2.98. The Labute approximate surface area is 56.6 Å². The van der Waals surface area contributed by atoms with Gasteiger partial charge in [0, 0.05) is 7.05 Å². The molecule has 0 radical (unpaired) electrons. The van der Waals surface area contributed by atoms with Crippen molar-refractivity contribution in [3.63, 3.8) is 0 Å². The first-order valence-corrected chi connectivity index (χ1v) is 2.98. The monoisotopic (exact) mass is 129 g/mol. The molecule has 1 unspecified atom stereocenters. The fourth-order valence-electron chi connectivity index (χ4n) is 0.451. The maximum atomic E-state index is 5.53. The van der Waals surface area contributed by atoms with Gasteiger partial charge in [0.05, 0.1) is 6.04 Å². The molecule has 0 aromatic carbocycles. The quantitative estimate of drug-likeness (QED) is 0.418. The van der Waals surface area contributed by atoms with Crippen LogP contribution in [0.25, 0.3) is 0 Å². The number of rotatable bonds is 2. The third-order valence-electron chi connectivity index (χ3n) is 1.46. The van der Waals surface area contributed by atoms with Crippen LogP contribution in [0.4, 0.5) is 0 Å². The zero-order valence-corrected chi connectivity index (χ0v) is 6.55. The van der Waals surface area contributed by atoms with Gasteiger partial charge in [-0.3, -0.25) is 9.89 Å². The van der Waals surface area contributed by atoms with Crippen molar-refractivity contribution in [1.82, 2.24) is 4.90 Å². The third kappa shape index (κ3) is 2.46. The first-order chi connectivity index (χ1) is 4.09. The zero-order valence-electron chi connectivity index (χ0n) is 6.55. The predicted molar refractivity (Wildman–Crippen MR) is 40.7 cm³/mol. The molecule has 3 nitrogen and oxygen atoms in total. The highest BCUT2D eigenvalue weighted by molar-refractivity contribution is 5.85. The number of hydrogen-bond acceptors (Lipinski definition) is 2. The molecule has 0 spiro atoms. The molecule has 0 aromatic rings. The van der Waals surface area contributed by atoms with Crippen LogP contribution in [0.3, 0.4) is 0 Å². The molecule has 0 fully saturated rings. The van der Waals surface area contributed by atoms with E-state index in [-0.39, 0.29) is 6.04 Å². The Morgan fingerprint density at radius 1 is 1.56 bits per heavy atom. The van der Waals surface area contributed by atoms with E-state index in [0.717, 1.165) is 0 Å². The maximum absolute atomic E-state index is 5.53. The van der Waals surface area contributed by atoms with Crippen molar-refractivity contribution >= 4 is 5.84 Å². The molecule has 0 aliphatic heterocycles. The van der Waals surface area contributed by atoms with E-state index in [4.69, 9.17) is 5.73 Å². The molecule has 0 aromatic heterocycles. The molecule has 0 amide bonds. The minimum absolute atomic E-state index is 0.245. The molecule has 1 atom stereocenters. The molecule has 3 heteroatoms. The number of aliphatic imine (C=N–C) groups is 1. The van der Waals surface area contributed by atoms with Gasteiger partial charge in [-0.2, -0.15) is 0 Å². The summed E-state index contributed by atoms with van der Waals surface area (Å²) in [4.78, 5) is 5.88. The molecule has 54 valence electrons. The van der Waals surface area contributed by atoms with E-state index in [1.807, 2.05) is 25.9 Å². The van der Waals surface area contributed by atoms with Crippen LogP contribution in [-0.4, -0.2) is 37.9 Å². The third-order valence-corrected chi connectivity index (χ3v) is 1.46. The molecule has 0 aliphatic rings. The highest BCUT2D eigenvalue weighted by atomic mass is 15.1. The molecule has 0 bridgehead atoms. The first kappa shape index (κ1) is 8.43. The summed E-state index contributed by atoms with van der Waals surface area (Å²) in [5.74, 6) is 0.681. The summed E-state index contributed by atoms with van der Waals surface area (Å²) in [5.41, 5.74) is 5.53. The molecule has 0 heterocycles. The number of nitrogens with two attached hydrogens (primary N) is 1. The van der Waals surface area contributed by atoms with Crippen molar-refractivity contribution in [2.24, 2.45) is 10.7 Å². The van der Waals surface area contributed by atoms with E-state index in [1.54, 1.807) is 7.05 Å². The lowest BCUT2D eigenvalue weighted by Gasteiger charge is -2.18. The van der Waals surface area contributed by atoms with Gasteiger partial charge in [0.15, 0.2) is 0 Å². The fraction of sp³-hybridized carbons (Fsp3) is 0.833. The van der Waals surface area contributed by atoms with Crippen LogP contribution in [0, 0.1) is 0 Å². The predicted octanol–water partition coefficient (Wildman–Crippen LogP) is -0.0765. The second kappa shape index (κ2) is 3.45. The lowest BCUT2D eigenvalue weighted by Crippen LogP contribution is -2.37. The van der Waals surface area contributed by atoms with Crippen LogP contribution >= 0.6 is 0 Å². The van der Waals surface area contributed by atoms with Gasteiger partial charge >= 0.3 is 0 Å². The van der Waals surface area contributed by atoms with Gasteiger partial charge in [-0.05, 0) is 21.0 Å². The van der Waals surface area contributed by atoms with E-state index in [9.17, 15) is 0 Å². The second-order valence-electron chi connectivity index (χ2n) is 2.29. The summed E-state index contributed by atoms with van der Waals surface area (Å²) in [6.07, 6.45) is 0. The lowest BCUT2D eigenvalue weighted by atomic mass is 10.3. The highest BCUT2D eigenvalue weighted by Crippen LogP contribution is 1.89. The fourth-order valence-corrected chi connectivity index (χ4v) is 0.451. The van der Waals surface area contributed by atoms with Gasteiger partial charge in [0.1, 0.15) is 5.84 Å². The van der Waals surface area contributed by atoms with Crippen LogP contribution in [0.2, 0.25) is 0 Å². The van der Waals surface area contributed by atoms with Gasteiger partial charge in [0.2, 0.25) is 0 Å². The zero-order chi connectivity index (χ0) is 7.44. The molecule has 2 N–H and O–H groups in total. The Morgan fingerprint density at radius 3 is 2.11 bits per heavy atom. The van der Waals surface area contributed by atoms with Crippen molar-refractivity contribution in [3.8, 4) is 0 Å². The number of likely N-dealkylation sites (N-methyl/N-ethyl adjacent to an activating group) is 1. The lowest BCUT2D eigenvalue weighted by molar-refractivity contribution is 0.379. The molecule has 0 aliphatic carbocycles. The molecule has 0 rings (SSSR count). The van der Waals surface area contributed by atoms with Crippen molar-refractivity contribution in [1.29, 1.82) is 0 Å². The summed E-state index contributed by atoms with van der Waals surface area (Å²) < 4.78 is 0. The van der Waals surface area contributed by atoms with Gasteiger partial charge in [-0.15, -0.1) is 0 Å². The van der Waals surface area contributed by atoms with E-state index in [1.165, 1.54) is 0 Å². The normalized spacial score (nSPS) is 16.3. The average molecular weight is 129 g/mol. The molecule has 0 saturated heterocycles. The van der Waals surface area contributed by atoms with E-state index in [2.05, 4.69) is 4.99 Å². The van der Waals surface area contributed by atoms with Crippen LogP contribution in [-0.2, 0) is 0 Å². The van der Waals surface area contributed by atoms with Crippen LogP contribution in [0.15, 0.2) is 4.99 Å². The highest BCUT2D eigenvalue weighted by Gasteiger charge is 2.06. The van der Waals surface area contributed by atoms with E-state index < -0.39 is 0 Å². The number of nitrogens with zero attached hydrogens (tertiary/aromatic N) is 2. The van der Waals surface area contributed by atoms with Crippen LogP contribution < -0.4 is 5.73 Å². The SMILES string of the molecule is CN=C(N)C(C)N(C)C. The largest absolute Gasteiger partial charge is 0.386 e. The Kier molecular flexibility index (Phi) is 3.24. The topological polar surface area (TPSA) is 41.6 Å². The Balaban J connectivity index is 3.88. The number of hydrogen-bond donors (Lipinski definition) is 1. The standard InChI is InChI=1S/C6H15N3/c1-5(9(3)4)6(7)8-2/h5H,1-4H3,(H2,7,8). The summed E-state index contributed by atoms with van der Waals surface area (Å²) in [5, 5.41) is 0. The smallest absolute Gasteiger partial charge is 0.110 e. The van der Waals surface area contributed by atoms with E-state index in [0.29, 0.717) is 5.84 Å². The Bertz CT molecular complexity index is 107. The van der Waals surface area contributed by atoms with Crippen molar-refractivity contribution in [3.05, 3.63) is 0 Å². The van der Waals surface area contributed by atoms with Crippen molar-refractivity contribution in [2.45, 2.75) is 13.0 Å². The summed E-state index contributed by atoms with van der Waals surface area (Å²) in [6, 6.07) is 0.245. The average Bonchev–Trinajstić information content (AvgIpc) is 1.84. The maximum Gasteiger partial charge on any atom is 0.110 e. The van der Waals surface area contributed by atoms with Crippen LogP contribution in [0.5, 0.6) is 0 Å². The molecular weight excluding hydrogens is 114 g/mol. The van der Waals surface area contributed by atoms with Crippen molar-refractivity contribution < 1.29 is 0 Å². The summed E-state index contributed by atoms with van der Waals surface area (Å²) >= 11 is 0. The van der Waals surface area contributed by atoms with Gasteiger partial charge < -0.3 is 5.73 Å². The molecule has 9 heavy (non-hydrogen) atoms. The van der Waals surface area contributed by atoms with Crippen LogP contribution in [0.1, 0.15) is 6.92 Å². The van der Waals surface area contributed by atoms with Gasteiger partial charge in [-0.1, -0.05) is 0 Å². The minimum atomic E-state index is 0.245. The molecule has 0 saturated carbocycles. The summed E-state index contributed by atoms with van der Waals surface area (Å²) in [6.45, 7) is 2.02.